The fourth-order valence-corrected chi connectivity index (χ4v) is 5.57. The van der Waals surface area contributed by atoms with Gasteiger partial charge in [-0.25, -0.2) is 4.39 Å². The van der Waals surface area contributed by atoms with E-state index in [0.717, 1.165) is 32.5 Å². The lowest BCUT2D eigenvalue weighted by atomic mass is 9.89. The van der Waals surface area contributed by atoms with Gasteiger partial charge in [-0.2, -0.15) is 0 Å². The van der Waals surface area contributed by atoms with Crippen molar-refractivity contribution in [2.45, 2.75) is 37.6 Å². The average molecular weight is 470 g/mol. The Morgan fingerprint density at radius 2 is 1.60 bits per heavy atom. The topological polar surface area (TPSA) is 11.4 Å². The number of rotatable bonds is 8. The average Bonchev–Trinajstić information content (AvgIpc) is 3.32. The molecule has 0 radical (unpaired) electrons. The Balaban J connectivity index is 1.20. The highest BCUT2D eigenvalue weighted by molar-refractivity contribution is 5.80. The summed E-state index contributed by atoms with van der Waals surface area (Å²) in [4.78, 5) is 4.78. The second kappa shape index (κ2) is 10.7. The van der Waals surface area contributed by atoms with E-state index in [4.69, 9.17) is 0 Å². The molecule has 3 aromatic carbocycles. The van der Waals surface area contributed by atoms with Gasteiger partial charge in [0.25, 0.3) is 0 Å². The van der Waals surface area contributed by atoms with Crippen LogP contribution < -0.4 is 4.90 Å². The molecule has 0 amide bonds. The number of piperidine rings is 1. The summed E-state index contributed by atoms with van der Waals surface area (Å²) in [6.07, 6.45) is 6.80. The summed E-state index contributed by atoms with van der Waals surface area (Å²) in [7, 11) is 4.18. The molecule has 1 saturated heterocycles. The third kappa shape index (κ3) is 5.43. The lowest BCUT2D eigenvalue weighted by molar-refractivity contribution is 0.206. The summed E-state index contributed by atoms with van der Waals surface area (Å²) < 4.78 is 16.0. The van der Waals surface area contributed by atoms with E-state index in [0.29, 0.717) is 5.92 Å². The van der Waals surface area contributed by atoms with Gasteiger partial charge >= 0.3 is 0 Å². The molecule has 182 valence electrons. The first-order chi connectivity index (χ1) is 17.1. The Morgan fingerprint density at radius 1 is 0.886 bits per heavy atom. The van der Waals surface area contributed by atoms with Gasteiger partial charge in [0.1, 0.15) is 5.82 Å². The molecule has 35 heavy (non-hydrogen) atoms. The summed E-state index contributed by atoms with van der Waals surface area (Å²) in [5.41, 5.74) is 5.15. The van der Waals surface area contributed by atoms with Crippen LogP contribution in [0.3, 0.4) is 0 Å². The van der Waals surface area contributed by atoms with Gasteiger partial charge in [-0.3, -0.25) is 0 Å². The standard InChI is InChI=1S/C31H36FN3/c1-33(2)29-15-11-24(12-16-29)25-17-21-34(22-18-25)20-5-8-31(27-9-13-28(32)14-10-27)35-23-19-26-6-3-4-7-30(26)35/h3-4,6-7,9-16,19,23,25,31H,5,8,17-18,20-22H2,1-2H3. The van der Waals surface area contributed by atoms with Crippen molar-refractivity contribution in [2.75, 3.05) is 38.6 Å². The molecule has 1 unspecified atom stereocenters. The number of anilines is 1. The Morgan fingerprint density at radius 3 is 2.31 bits per heavy atom. The molecule has 0 spiro atoms. The van der Waals surface area contributed by atoms with Crippen LogP contribution in [0.2, 0.25) is 0 Å². The first-order valence-corrected chi connectivity index (χ1v) is 12.9. The van der Waals surface area contributed by atoms with Gasteiger partial charge in [-0.05, 0) is 104 Å². The van der Waals surface area contributed by atoms with E-state index < -0.39 is 0 Å². The molecule has 1 fully saturated rings. The maximum absolute atomic E-state index is 13.6. The zero-order valence-corrected chi connectivity index (χ0v) is 20.9. The van der Waals surface area contributed by atoms with Crippen molar-refractivity contribution in [1.82, 2.24) is 9.47 Å². The summed E-state index contributed by atoms with van der Waals surface area (Å²) >= 11 is 0. The van der Waals surface area contributed by atoms with Crippen molar-refractivity contribution in [3.63, 3.8) is 0 Å². The highest BCUT2D eigenvalue weighted by atomic mass is 19.1. The molecule has 1 aromatic heterocycles. The minimum Gasteiger partial charge on any atom is -0.378 e. The fourth-order valence-electron chi connectivity index (χ4n) is 5.57. The summed E-state index contributed by atoms with van der Waals surface area (Å²) in [5.74, 6) is 0.491. The van der Waals surface area contributed by atoms with E-state index in [2.05, 4.69) is 89.3 Å². The van der Waals surface area contributed by atoms with Gasteiger partial charge in [0.15, 0.2) is 0 Å². The number of aromatic nitrogens is 1. The maximum atomic E-state index is 13.6. The molecule has 1 aliphatic heterocycles. The highest BCUT2D eigenvalue weighted by Crippen LogP contribution is 2.31. The maximum Gasteiger partial charge on any atom is 0.123 e. The number of benzene rings is 3. The van der Waals surface area contributed by atoms with Gasteiger partial charge < -0.3 is 14.4 Å². The largest absolute Gasteiger partial charge is 0.378 e. The van der Waals surface area contributed by atoms with Crippen molar-refractivity contribution < 1.29 is 4.39 Å². The molecule has 0 N–H and O–H groups in total. The second-order valence-corrected chi connectivity index (χ2v) is 10.1. The van der Waals surface area contributed by atoms with Gasteiger partial charge in [0.05, 0.1) is 6.04 Å². The van der Waals surface area contributed by atoms with Crippen molar-refractivity contribution in [1.29, 1.82) is 0 Å². The molecule has 5 rings (SSSR count). The van der Waals surface area contributed by atoms with E-state index in [-0.39, 0.29) is 11.9 Å². The molecule has 1 aliphatic rings. The number of likely N-dealkylation sites (tertiary alicyclic amines) is 1. The van der Waals surface area contributed by atoms with Crippen LogP contribution in [0.4, 0.5) is 10.1 Å². The molecule has 1 atom stereocenters. The zero-order valence-electron chi connectivity index (χ0n) is 20.9. The summed E-state index contributed by atoms with van der Waals surface area (Å²) in [6, 6.07) is 27.1. The monoisotopic (exact) mass is 469 g/mol. The van der Waals surface area contributed by atoms with E-state index in [1.165, 1.54) is 40.6 Å². The Labute approximate surface area is 208 Å². The molecule has 0 saturated carbocycles. The molecule has 0 aliphatic carbocycles. The molecular weight excluding hydrogens is 433 g/mol. The van der Waals surface area contributed by atoms with Gasteiger partial charge in [0.2, 0.25) is 0 Å². The number of nitrogens with zero attached hydrogens (tertiary/aromatic N) is 3. The number of hydrogen-bond donors (Lipinski definition) is 0. The Bertz CT molecular complexity index is 1220. The quantitative estimate of drug-likeness (QED) is 0.273. The molecule has 4 heteroatoms. The van der Waals surface area contributed by atoms with Crippen LogP contribution in [-0.4, -0.2) is 43.2 Å². The van der Waals surface area contributed by atoms with Gasteiger partial charge in [-0.15, -0.1) is 0 Å². The third-order valence-corrected chi connectivity index (χ3v) is 7.64. The number of para-hydroxylation sites is 1. The molecule has 4 aromatic rings. The number of halogens is 1. The van der Waals surface area contributed by atoms with Crippen LogP contribution in [0.1, 0.15) is 48.8 Å². The van der Waals surface area contributed by atoms with E-state index in [1.54, 1.807) is 12.1 Å². The normalized spacial score (nSPS) is 16.0. The predicted molar refractivity (Wildman–Crippen MR) is 145 cm³/mol. The summed E-state index contributed by atoms with van der Waals surface area (Å²) in [6.45, 7) is 3.44. The van der Waals surface area contributed by atoms with Gasteiger partial charge in [-0.1, -0.05) is 42.5 Å². The first kappa shape index (κ1) is 23.6. The van der Waals surface area contributed by atoms with Crippen LogP contribution in [0.25, 0.3) is 10.9 Å². The molecule has 2 heterocycles. The lowest BCUT2D eigenvalue weighted by Crippen LogP contribution is -2.34. The minimum atomic E-state index is -0.177. The van der Waals surface area contributed by atoms with Crippen LogP contribution >= 0.6 is 0 Å². The molecule has 3 nitrogen and oxygen atoms in total. The van der Waals surface area contributed by atoms with Crippen LogP contribution in [-0.2, 0) is 0 Å². The number of fused-ring (bicyclic) bond motifs is 1. The predicted octanol–water partition coefficient (Wildman–Crippen LogP) is 7.10. The van der Waals surface area contributed by atoms with Crippen LogP contribution in [0.15, 0.2) is 85.1 Å². The third-order valence-electron chi connectivity index (χ3n) is 7.64. The smallest absolute Gasteiger partial charge is 0.123 e. The van der Waals surface area contributed by atoms with Gasteiger partial charge in [0, 0.05) is 31.5 Å². The van der Waals surface area contributed by atoms with E-state index in [1.807, 2.05) is 12.1 Å². The fraction of sp³-hybridized carbons (Fsp3) is 0.355. The zero-order chi connectivity index (χ0) is 24.2. The van der Waals surface area contributed by atoms with Crippen molar-refractivity contribution >= 4 is 16.6 Å². The van der Waals surface area contributed by atoms with Crippen LogP contribution in [0.5, 0.6) is 0 Å². The lowest BCUT2D eigenvalue weighted by Gasteiger charge is -2.33. The van der Waals surface area contributed by atoms with E-state index >= 15 is 0 Å². The molecule has 0 bridgehead atoms. The minimum absolute atomic E-state index is 0.177. The van der Waals surface area contributed by atoms with Crippen molar-refractivity contribution in [2.24, 2.45) is 0 Å². The van der Waals surface area contributed by atoms with E-state index in [9.17, 15) is 4.39 Å². The Hall–Kier alpha value is -3.11. The van der Waals surface area contributed by atoms with Crippen molar-refractivity contribution in [3.05, 3.63) is 102 Å². The SMILES string of the molecule is CN(C)c1ccc(C2CCN(CCCC(c3ccc(F)cc3)n3ccc4ccccc43)CC2)cc1. The highest BCUT2D eigenvalue weighted by Gasteiger charge is 2.21. The number of hydrogen-bond acceptors (Lipinski definition) is 2. The first-order valence-electron chi connectivity index (χ1n) is 12.9. The second-order valence-electron chi connectivity index (χ2n) is 10.1. The molecular formula is C31H36FN3. The summed E-state index contributed by atoms with van der Waals surface area (Å²) in [5, 5.41) is 1.25. The van der Waals surface area contributed by atoms with Crippen LogP contribution in [0, 0.1) is 5.82 Å². The van der Waals surface area contributed by atoms with Crippen molar-refractivity contribution in [3.8, 4) is 0 Å². The Kier molecular flexibility index (Phi) is 7.19.